The Hall–Kier alpha value is -2.79. The van der Waals surface area contributed by atoms with Crippen molar-refractivity contribution in [2.45, 2.75) is 12.7 Å². The van der Waals surface area contributed by atoms with E-state index in [4.69, 9.17) is 0 Å². The van der Waals surface area contributed by atoms with Crippen molar-refractivity contribution in [1.82, 2.24) is 0 Å². The minimum absolute atomic E-state index is 0.0393. The Morgan fingerprint density at radius 1 is 0.846 bits per heavy atom. The number of rotatable bonds is 6. The number of hydrogen-bond donors (Lipinski definition) is 2. The van der Waals surface area contributed by atoms with Gasteiger partial charge in [0.25, 0.3) is 0 Å². The summed E-state index contributed by atoms with van der Waals surface area (Å²) in [5.41, 5.74) is 2.66. The van der Waals surface area contributed by atoms with Crippen molar-refractivity contribution in [3.05, 3.63) is 72.3 Å². The van der Waals surface area contributed by atoms with E-state index in [9.17, 15) is 9.59 Å². The highest BCUT2D eigenvalue weighted by Gasteiger charge is 2.05. The molecule has 3 aromatic carbocycles. The van der Waals surface area contributed by atoms with Crippen LogP contribution in [0.4, 0.5) is 11.4 Å². The summed E-state index contributed by atoms with van der Waals surface area (Å²) >= 11 is 1.59. The second-order valence-corrected chi connectivity index (χ2v) is 6.92. The van der Waals surface area contributed by atoms with Gasteiger partial charge in [-0.25, -0.2) is 0 Å². The predicted octanol–water partition coefficient (Wildman–Crippen LogP) is 4.67. The maximum atomic E-state index is 12.1. The van der Waals surface area contributed by atoms with Gasteiger partial charge >= 0.3 is 0 Å². The molecule has 0 radical (unpaired) electrons. The number of amides is 2. The SMILES string of the molecule is CC(=O)Nc1ccc(NC(=O)CSCc2cccc3ccccc23)cc1. The number of fused-ring (bicyclic) bond motifs is 1. The average Bonchev–Trinajstić information content (AvgIpc) is 2.63. The first-order valence-electron chi connectivity index (χ1n) is 8.34. The summed E-state index contributed by atoms with van der Waals surface area (Å²) in [4.78, 5) is 23.1. The van der Waals surface area contributed by atoms with Gasteiger partial charge in [-0.1, -0.05) is 42.5 Å². The lowest BCUT2D eigenvalue weighted by atomic mass is 10.1. The molecular formula is C21H20N2O2S. The van der Waals surface area contributed by atoms with E-state index in [1.807, 2.05) is 12.1 Å². The fourth-order valence-corrected chi connectivity index (χ4v) is 3.54. The van der Waals surface area contributed by atoms with E-state index in [1.54, 1.807) is 36.0 Å². The van der Waals surface area contributed by atoms with Gasteiger partial charge in [0, 0.05) is 24.1 Å². The average molecular weight is 364 g/mol. The molecule has 0 aromatic heterocycles. The Morgan fingerprint density at radius 3 is 2.23 bits per heavy atom. The molecule has 2 N–H and O–H groups in total. The maximum Gasteiger partial charge on any atom is 0.234 e. The molecule has 26 heavy (non-hydrogen) atoms. The molecule has 0 heterocycles. The zero-order chi connectivity index (χ0) is 18.4. The molecule has 0 spiro atoms. The van der Waals surface area contributed by atoms with Crippen LogP contribution in [-0.2, 0) is 15.3 Å². The molecule has 0 bridgehead atoms. The van der Waals surface area contributed by atoms with E-state index in [1.165, 1.54) is 23.3 Å². The first-order chi connectivity index (χ1) is 12.6. The van der Waals surface area contributed by atoms with Gasteiger partial charge in [0.15, 0.2) is 0 Å². The van der Waals surface area contributed by atoms with Gasteiger partial charge in [0.05, 0.1) is 5.75 Å². The molecule has 3 rings (SSSR count). The molecule has 0 atom stereocenters. The smallest absolute Gasteiger partial charge is 0.234 e. The van der Waals surface area contributed by atoms with Crippen LogP contribution in [0.3, 0.4) is 0 Å². The van der Waals surface area contributed by atoms with Crippen LogP contribution in [0.15, 0.2) is 66.7 Å². The molecule has 2 amide bonds. The fourth-order valence-electron chi connectivity index (χ4n) is 2.71. The largest absolute Gasteiger partial charge is 0.326 e. The van der Waals surface area contributed by atoms with Crippen LogP contribution >= 0.6 is 11.8 Å². The summed E-state index contributed by atoms with van der Waals surface area (Å²) in [6.07, 6.45) is 0. The van der Waals surface area contributed by atoms with Gasteiger partial charge in [0.1, 0.15) is 0 Å². The van der Waals surface area contributed by atoms with Gasteiger partial charge < -0.3 is 10.6 Å². The monoisotopic (exact) mass is 364 g/mol. The van der Waals surface area contributed by atoms with Crippen molar-refractivity contribution < 1.29 is 9.59 Å². The van der Waals surface area contributed by atoms with Crippen molar-refractivity contribution in [3.8, 4) is 0 Å². The molecule has 0 unspecified atom stereocenters. The van der Waals surface area contributed by atoms with E-state index < -0.39 is 0 Å². The van der Waals surface area contributed by atoms with E-state index >= 15 is 0 Å². The standard InChI is InChI=1S/C21H20N2O2S/c1-15(24)22-18-9-11-19(12-10-18)23-21(25)14-26-13-17-7-4-6-16-5-2-3-8-20(16)17/h2-12H,13-14H2,1H3,(H,22,24)(H,23,25). The second-order valence-electron chi connectivity index (χ2n) is 5.94. The third kappa shape index (κ3) is 4.86. The van der Waals surface area contributed by atoms with Gasteiger partial charge in [0.2, 0.25) is 11.8 Å². The minimum Gasteiger partial charge on any atom is -0.326 e. The van der Waals surface area contributed by atoms with Gasteiger partial charge in [-0.2, -0.15) is 0 Å². The zero-order valence-electron chi connectivity index (χ0n) is 14.5. The van der Waals surface area contributed by atoms with Crippen molar-refractivity contribution in [2.24, 2.45) is 0 Å². The number of thioether (sulfide) groups is 1. The van der Waals surface area contributed by atoms with E-state index in [0.29, 0.717) is 11.4 Å². The maximum absolute atomic E-state index is 12.1. The van der Waals surface area contributed by atoms with Crippen LogP contribution in [0.25, 0.3) is 10.8 Å². The number of nitrogens with one attached hydrogen (secondary N) is 2. The number of carbonyl (C=O) groups is 2. The topological polar surface area (TPSA) is 58.2 Å². The molecule has 5 heteroatoms. The van der Waals surface area contributed by atoms with E-state index in [0.717, 1.165) is 11.4 Å². The molecule has 3 aromatic rings. The van der Waals surface area contributed by atoms with Gasteiger partial charge in [-0.05, 0) is 40.6 Å². The van der Waals surface area contributed by atoms with Crippen LogP contribution in [0, 0.1) is 0 Å². The highest BCUT2D eigenvalue weighted by Crippen LogP contribution is 2.23. The number of benzene rings is 3. The Bertz CT molecular complexity index is 917. The van der Waals surface area contributed by atoms with Gasteiger partial charge in [-0.3, -0.25) is 9.59 Å². The summed E-state index contributed by atoms with van der Waals surface area (Å²) in [6, 6.07) is 21.6. The Labute approximate surface area is 157 Å². The lowest BCUT2D eigenvalue weighted by molar-refractivity contribution is -0.114. The first-order valence-corrected chi connectivity index (χ1v) is 9.49. The minimum atomic E-state index is -0.119. The van der Waals surface area contributed by atoms with Crippen molar-refractivity contribution in [1.29, 1.82) is 0 Å². The summed E-state index contributed by atoms with van der Waals surface area (Å²) in [5, 5.41) is 8.02. The van der Waals surface area contributed by atoms with Crippen LogP contribution in [-0.4, -0.2) is 17.6 Å². The summed E-state index contributed by atoms with van der Waals surface area (Å²) < 4.78 is 0. The Kier molecular flexibility index (Phi) is 5.92. The van der Waals surface area contributed by atoms with Crippen LogP contribution in [0.5, 0.6) is 0 Å². The second kappa shape index (κ2) is 8.54. The molecule has 132 valence electrons. The molecule has 0 fully saturated rings. The molecule has 0 aliphatic heterocycles. The van der Waals surface area contributed by atoms with Crippen LogP contribution < -0.4 is 10.6 Å². The Morgan fingerprint density at radius 2 is 1.50 bits per heavy atom. The molecule has 0 aliphatic rings. The number of anilines is 2. The third-order valence-electron chi connectivity index (χ3n) is 3.86. The van der Waals surface area contributed by atoms with E-state index in [-0.39, 0.29) is 11.8 Å². The number of hydrogen-bond acceptors (Lipinski definition) is 3. The normalized spacial score (nSPS) is 10.5. The third-order valence-corrected chi connectivity index (χ3v) is 4.84. The zero-order valence-corrected chi connectivity index (χ0v) is 15.3. The lowest BCUT2D eigenvalue weighted by Crippen LogP contribution is -2.14. The molecule has 4 nitrogen and oxygen atoms in total. The highest BCUT2D eigenvalue weighted by molar-refractivity contribution is 7.99. The predicted molar refractivity (Wildman–Crippen MR) is 109 cm³/mol. The van der Waals surface area contributed by atoms with Gasteiger partial charge in [-0.15, -0.1) is 11.8 Å². The summed E-state index contributed by atoms with van der Waals surface area (Å²) in [6.45, 7) is 1.46. The van der Waals surface area contributed by atoms with Crippen molar-refractivity contribution in [2.75, 3.05) is 16.4 Å². The fraction of sp³-hybridized carbons (Fsp3) is 0.143. The van der Waals surface area contributed by atoms with Crippen LogP contribution in [0.1, 0.15) is 12.5 Å². The Balaban J connectivity index is 1.52. The highest BCUT2D eigenvalue weighted by atomic mass is 32.2. The summed E-state index contributed by atoms with van der Waals surface area (Å²) in [7, 11) is 0. The quantitative estimate of drug-likeness (QED) is 0.668. The van der Waals surface area contributed by atoms with Crippen molar-refractivity contribution >= 4 is 45.7 Å². The first kappa shape index (κ1) is 18.0. The lowest BCUT2D eigenvalue weighted by Gasteiger charge is -2.08. The van der Waals surface area contributed by atoms with E-state index in [2.05, 4.69) is 41.0 Å². The molecule has 0 saturated heterocycles. The van der Waals surface area contributed by atoms with Crippen molar-refractivity contribution in [3.63, 3.8) is 0 Å². The summed E-state index contributed by atoms with van der Waals surface area (Å²) in [5.74, 6) is 1.02. The molecule has 0 aliphatic carbocycles. The number of carbonyl (C=O) groups excluding carboxylic acids is 2. The van der Waals surface area contributed by atoms with Crippen LogP contribution in [0.2, 0.25) is 0 Å². The molecule has 0 saturated carbocycles. The molecular weight excluding hydrogens is 344 g/mol.